The number of nitrogens with one attached hydrogen (secondary N) is 1. The van der Waals surface area contributed by atoms with E-state index in [1.165, 1.54) is 25.9 Å². The minimum Gasteiger partial charge on any atom is -0.488 e. The molecule has 0 spiro atoms. The Morgan fingerprint density at radius 1 is 1.29 bits per heavy atom. The predicted octanol–water partition coefficient (Wildman–Crippen LogP) is 2.46. The second-order valence-corrected chi connectivity index (χ2v) is 6.68. The van der Waals surface area contributed by atoms with Crippen LogP contribution in [0.25, 0.3) is 21.9 Å². The minimum atomic E-state index is 0.236. The fourth-order valence-corrected chi connectivity index (χ4v) is 4.06. The van der Waals surface area contributed by atoms with Crippen LogP contribution in [0.4, 0.5) is 0 Å². The van der Waals surface area contributed by atoms with Crippen molar-refractivity contribution in [3.63, 3.8) is 0 Å². The number of H-pyrrole nitrogens is 1. The van der Waals surface area contributed by atoms with E-state index in [-0.39, 0.29) is 6.10 Å². The number of nitriles is 1. The van der Waals surface area contributed by atoms with Crippen molar-refractivity contribution in [1.29, 1.82) is 5.26 Å². The monoisotopic (exact) mass is 319 g/mol. The number of aromatic nitrogens is 3. The first-order chi connectivity index (χ1) is 11.8. The summed E-state index contributed by atoms with van der Waals surface area (Å²) in [5, 5.41) is 11.0. The third-order valence-corrected chi connectivity index (χ3v) is 5.33. The van der Waals surface area contributed by atoms with Gasteiger partial charge in [0.2, 0.25) is 0 Å². The Hall–Kier alpha value is -2.65. The molecule has 3 aromatic rings. The smallest absolute Gasteiger partial charge is 0.142 e. The van der Waals surface area contributed by atoms with Crippen LogP contribution >= 0.6 is 0 Å². The van der Waals surface area contributed by atoms with Gasteiger partial charge in [0.15, 0.2) is 0 Å². The lowest BCUT2D eigenvalue weighted by Crippen LogP contribution is -2.52. The van der Waals surface area contributed by atoms with E-state index in [1.807, 2.05) is 6.07 Å². The van der Waals surface area contributed by atoms with Crippen molar-refractivity contribution in [2.75, 3.05) is 19.6 Å². The number of hydrogen-bond donors (Lipinski definition) is 1. The summed E-state index contributed by atoms with van der Waals surface area (Å²) >= 11 is 0. The van der Waals surface area contributed by atoms with Crippen molar-refractivity contribution in [3.8, 4) is 11.8 Å². The van der Waals surface area contributed by atoms with Gasteiger partial charge in [-0.25, -0.2) is 9.97 Å². The highest BCUT2D eigenvalue weighted by molar-refractivity contribution is 6.09. The molecule has 0 amide bonds. The molecule has 120 valence electrons. The predicted molar refractivity (Wildman–Crippen MR) is 89.7 cm³/mol. The summed E-state index contributed by atoms with van der Waals surface area (Å²) < 4.78 is 6.44. The van der Waals surface area contributed by atoms with E-state index < -0.39 is 0 Å². The molecule has 6 rings (SSSR count). The van der Waals surface area contributed by atoms with Crippen molar-refractivity contribution >= 4 is 21.9 Å². The van der Waals surface area contributed by atoms with Crippen molar-refractivity contribution in [3.05, 3.63) is 30.2 Å². The second kappa shape index (κ2) is 5.18. The summed E-state index contributed by atoms with van der Waals surface area (Å²) in [4.78, 5) is 14.3. The SMILES string of the molecule is N#Cc1cc2c(cn1)[nH]c1nccc(O[C@H]3CN4CCC3CC4)c12. The Labute approximate surface area is 139 Å². The van der Waals surface area contributed by atoms with E-state index in [0.717, 1.165) is 34.2 Å². The first kappa shape index (κ1) is 13.8. The molecule has 0 aromatic carbocycles. The summed E-state index contributed by atoms with van der Waals surface area (Å²) in [6.45, 7) is 3.39. The Kier molecular flexibility index (Phi) is 2.97. The van der Waals surface area contributed by atoms with Crippen molar-refractivity contribution in [2.45, 2.75) is 18.9 Å². The molecule has 6 nitrogen and oxygen atoms in total. The summed E-state index contributed by atoms with van der Waals surface area (Å²) in [7, 11) is 0. The number of piperidine rings is 3. The van der Waals surface area contributed by atoms with Crippen LogP contribution in [0.5, 0.6) is 5.75 Å². The average Bonchev–Trinajstić information content (AvgIpc) is 3.01. The van der Waals surface area contributed by atoms with Gasteiger partial charge in [0.1, 0.15) is 29.3 Å². The molecule has 3 fully saturated rings. The molecular weight excluding hydrogens is 302 g/mol. The van der Waals surface area contributed by atoms with Crippen LogP contribution in [0.1, 0.15) is 18.5 Å². The lowest BCUT2D eigenvalue weighted by Gasteiger charge is -2.44. The number of pyridine rings is 2. The van der Waals surface area contributed by atoms with Crippen molar-refractivity contribution in [1.82, 2.24) is 19.9 Å². The first-order valence-corrected chi connectivity index (χ1v) is 8.37. The third-order valence-electron chi connectivity index (χ3n) is 5.33. The van der Waals surface area contributed by atoms with Crippen LogP contribution < -0.4 is 4.74 Å². The Morgan fingerprint density at radius 3 is 2.92 bits per heavy atom. The van der Waals surface area contributed by atoms with Crippen LogP contribution in [0.15, 0.2) is 24.5 Å². The van der Waals surface area contributed by atoms with Gasteiger partial charge in [-0.1, -0.05) is 0 Å². The maximum Gasteiger partial charge on any atom is 0.142 e. The Morgan fingerprint density at radius 2 is 2.17 bits per heavy atom. The van der Waals surface area contributed by atoms with Gasteiger partial charge >= 0.3 is 0 Å². The molecule has 3 aliphatic rings. The lowest BCUT2D eigenvalue weighted by molar-refractivity contribution is -0.00700. The molecule has 24 heavy (non-hydrogen) atoms. The van der Waals surface area contributed by atoms with Crippen molar-refractivity contribution < 1.29 is 4.74 Å². The number of ether oxygens (including phenoxy) is 1. The fraction of sp³-hybridized carbons (Fsp3) is 0.389. The molecule has 0 unspecified atom stereocenters. The molecule has 0 radical (unpaired) electrons. The van der Waals surface area contributed by atoms with E-state index in [1.54, 1.807) is 18.5 Å². The molecule has 2 bridgehead atoms. The standard InChI is InChI=1S/C18H17N5O/c19-8-12-7-13-14(9-21-12)22-18-17(13)15(1-4-20-18)24-16-10-23-5-2-11(16)3-6-23/h1,4,7,9,11,16H,2-3,5-6,10H2,(H,20,22)/t16-/m0/s1. The molecule has 1 atom stereocenters. The van der Waals surface area contributed by atoms with Gasteiger partial charge in [-0.05, 0) is 44.0 Å². The van der Waals surface area contributed by atoms with Gasteiger partial charge in [0.25, 0.3) is 0 Å². The van der Waals surface area contributed by atoms with Crippen LogP contribution in [-0.2, 0) is 0 Å². The van der Waals surface area contributed by atoms with E-state index >= 15 is 0 Å². The Bertz CT molecular complexity index is 965. The third kappa shape index (κ3) is 2.05. The molecule has 3 aromatic heterocycles. The second-order valence-electron chi connectivity index (χ2n) is 6.68. The van der Waals surface area contributed by atoms with Gasteiger partial charge in [-0.2, -0.15) is 5.26 Å². The van der Waals surface area contributed by atoms with Gasteiger partial charge in [-0.15, -0.1) is 0 Å². The maximum atomic E-state index is 9.13. The number of fused-ring (bicyclic) bond motifs is 6. The Balaban J connectivity index is 1.61. The summed E-state index contributed by atoms with van der Waals surface area (Å²) in [5.74, 6) is 1.49. The zero-order valence-electron chi connectivity index (χ0n) is 13.2. The highest BCUT2D eigenvalue weighted by atomic mass is 16.5. The number of aromatic amines is 1. The van der Waals surface area contributed by atoms with Crippen molar-refractivity contribution in [2.24, 2.45) is 5.92 Å². The van der Waals surface area contributed by atoms with E-state index in [4.69, 9.17) is 10.00 Å². The lowest BCUT2D eigenvalue weighted by atomic mass is 9.86. The molecular formula is C18H17N5O. The van der Waals surface area contributed by atoms with E-state index in [9.17, 15) is 0 Å². The van der Waals surface area contributed by atoms with E-state index in [2.05, 4.69) is 25.9 Å². The largest absolute Gasteiger partial charge is 0.488 e. The van der Waals surface area contributed by atoms with Gasteiger partial charge in [0, 0.05) is 18.1 Å². The van der Waals surface area contributed by atoms with Gasteiger partial charge < -0.3 is 9.72 Å². The summed E-state index contributed by atoms with van der Waals surface area (Å²) in [6.07, 6.45) is 6.13. The highest BCUT2D eigenvalue weighted by Crippen LogP contribution is 2.36. The molecule has 6 heterocycles. The molecule has 3 saturated heterocycles. The average molecular weight is 319 g/mol. The zero-order chi connectivity index (χ0) is 16.1. The van der Waals surface area contributed by atoms with Crippen LogP contribution in [0, 0.1) is 17.2 Å². The molecule has 3 aliphatic heterocycles. The summed E-state index contributed by atoms with van der Waals surface area (Å²) in [5.41, 5.74) is 2.06. The van der Waals surface area contributed by atoms with Crippen LogP contribution in [-0.4, -0.2) is 45.6 Å². The molecule has 0 saturated carbocycles. The van der Waals surface area contributed by atoms with Crippen LogP contribution in [0.2, 0.25) is 0 Å². The number of hydrogen-bond acceptors (Lipinski definition) is 5. The zero-order valence-corrected chi connectivity index (χ0v) is 13.2. The molecule has 1 N–H and O–H groups in total. The highest BCUT2D eigenvalue weighted by Gasteiger charge is 2.35. The topological polar surface area (TPSA) is 77.8 Å². The quantitative estimate of drug-likeness (QED) is 0.785. The van der Waals surface area contributed by atoms with Gasteiger partial charge in [0.05, 0.1) is 17.1 Å². The maximum absolute atomic E-state index is 9.13. The number of nitrogens with zero attached hydrogens (tertiary/aromatic N) is 4. The number of rotatable bonds is 2. The normalized spacial score (nSPS) is 25.9. The molecule has 0 aliphatic carbocycles. The fourth-order valence-electron chi connectivity index (χ4n) is 4.06. The first-order valence-electron chi connectivity index (χ1n) is 8.37. The van der Waals surface area contributed by atoms with Crippen LogP contribution in [0.3, 0.4) is 0 Å². The van der Waals surface area contributed by atoms with E-state index in [0.29, 0.717) is 11.6 Å². The van der Waals surface area contributed by atoms with Gasteiger partial charge in [-0.3, -0.25) is 4.90 Å². The molecule has 6 heteroatoms. The minimum absolute atomic E-state index is 0.236. The summed E-state index contributed by atoms with van der Waals surface area (Å²) in [6, 6.07) is 5.84.